The number of halogens is 2. The van der Waals surface area contributed by atoms with Gasteiger partial charge in [-0.05, 0) is 132 Å². The zero-order chi connectivity index (χ0) is 52.8. The standard InChI is InChI=1S/C10H18O3.2C8H16O.C8H14O.C5H11Cl.C5H8O3.C2H5Cl.C2H4O2.C2H6O.H2/c1-7(2)5-6-9(8(3)11)10(12)13-4;3*1-7(2)5-4-6-8(3)9;1-5(2)3-4-6;1-4(6)3-5(7)8-2;1-2-3;1-2(3)4;1-2-3;/h7,9H,5-6H2,1-4H3;7H,4-6H2,1-3H3;5,8-9H,4,6H2,1-3H3;5H,4,6H2,1-3H3;5H,3-4H2,1-2H3;3H2,1-2H3;2H2,1H3;1H3,(H,3,4);3H,2H2,1H3;1H/i;;;;;;;;;1+1. The predicted octanol–water partition coefficient (Wildman–Crippen LogP) is 12.6. The number of carbonyl (C=O) groups excluding carboxylic acids is 6. The molecule has 0 fully saturated rings. The molecule has 0 aliphatic carbocycles. The first-order valence-electron chi connectivity index (χ1n) is 22.4. The Hall–Kier alpha value is -2.93. The second-order valence-corrected chi connectivity index (χ2v) is 17.2. The van der Waals surface area contributed by atoms with Crippen molar-refractivity contribution in [3.63, 3.8) is 0 Å². The van der Waals surface area contributed by atoms with Gasteiger partial charge in [0.25, 0.3) is 5.97 Å². The number of esters is 2. The molecule has 12 nitrogen and oxygen atoms in total. The molecule has 2 atom stereocenters. The topological polar surface area (TPSA) is 199 Å². The minimum atomic E-state index is -0.833. The normalized spacial score (nSPS) is 9.98. The number of ketones is 4. The van der Waals surface area contributed by atoms with Crippen LogP contribution in [0.5, 0.6) is 0 Å². The summed E-state index contributed by atoms with van der Waals surface area (Å²) in [5.41, 5.74) is 2.62. The second-order valence-electron chi connectivity index (χ2n) is 16.3. The van der Waals surface area contributed by atoms with Crippen LogP contribution in [0.4, 0.5) is 0 Å². The van der Waals surface area contributed by atoms with Crippen LogP contribution in [-0.2, 0) is 43.0 Å². The molecule has 0 bridgehead atoms. The lowest BCUT2D eigenvalue weighted by Crippen LogP contribution is -2.23. The highest BCUT2D eigenvalue weighted by Gasteiger charge is 2.23. The third-order valence-corrected chi connectivity index (χ3v) is 7.03. The first kappa shape index (κ1) is 81.3. The van der Waals surface area contributed by atoms with Crippen LogP contribution in [0.15, 0.2) is 23.3 Å². The molecule has 0 saturated carbocycles. The van der Waals surface area contributed by atoms with E-state index in [4.69, 9.17) is 43.3 Å². The molecule has 0 aliphatic heterocycles. The van der Waals surface area contributed by atoms with Crippen LogP contribution < -0.4 is 0 Å². The van der Waals surface area contributed by atoms with Crippen molar-refractivity contribution in [1.29, 1.82) is 0 Å². The second kappa shape index (κ2) is 64.4. The van der Waals surface area contributed by atoms with E-state index in [1.54, 1.807) is 20.8 Å². The Balaban J connectivity index is -0.0000000674. The van der Waals surface area contributed by atoms with E-state index in [1.807, 2.05) is 27.7 Å². The molecular weight excluding hydrogens is 863 g/mol. The highest BCUT2D eigenvalue weighted by molar-refractivity contribution is 6.17. The van der Waals surface area contributed by atoms with E-state index in [9.17, 15) is 28.8 Å². The lowest BCUT2D eigenvalue weighted by molar-refractivity contribution is -0.149. The van der Waals surface area contributed by atoms with Crippen LogP contribution in [0.2, 0.25) is 0 Å². The van der Waals surface area contributed by atoms with Gasteiger partial charge in [-0.1, -0.05) is 78.2 Å². The van der Waals surface area contributed by atoms with Crippen molar-refractivity contribution < 1.29 is 59.8 Å². The summed E-state index contributed by atoms with van der Waals surface area (Å²) >= 11 is 10.4. The van der Waals surface area contributed by atoms with E-state index in [-0.39, 0.29) is 37.9 Å². The summed E-state index contributed by atoms with van der Waals surface area (Å²) in [6.45, 7) is 33.8. The Morgan fingerprint density at radius 1 is 0.594 bits per heavy atom. The van der Waals surface area contributed by atoms with E-state index in [1.165, 1.54) is 45.6 Å². The minimum absolute atomic E-state index is 0. The molecule has 0 aliphatic rings. The average molecular weight is 965 g/mol. The molecule has 2 unspecified atom stereocenters. The highest BCUT2D eigenvalue weighted by Crippen LogP contribution is 2.14. The third-order valence-electron chi connectivity index (χ3n) is 6.81. The van der Waals surface area contributed by atoms with Gasteiger partial charge in [0.2, 0.25) is 0 Å². The molecule has 0 spiro atoms. The van der Waals surface area contributed by atoms with Crippen LogP contribution in [0.1, 0.15) is 197 Å². The van der Waals surface area contributed by atoms with Gasteiger partial charge >= 0.3 is 11.9 Å². The zero-order valence-corrected chi connectivity index (χ0v) is 45.7. The molecule has 14 heteroatoms. The van der Waals surface area contributed by atoms with Gasteiger partial charge in [0.05, 0.1) is 20.3 Å². The summed E-state index contributed by atoms with van der Waals surface area (Å²) in [7, 11) is 2.57. The van der Waals surface area contributed by atoms with Gasteiger partial charge in [0.1, 0.15) is 35.5 Å². The Morgan fingerprint density at radius 3 is 1.19 bits per heavy atom. The predicted molar refractivity (Wildman–Crippen MR) is 271 cm³/mol. The Morgan fingerprint density at radius 2 is 0.969 bits per heavy atom. The summed E-state index contributed by atoms with van der Waals surface area (Å²) in [5.74, 6) is 1.57. The molecule has 0 radical (unpaired) electrons. The summed E-state index contributed by atoms with van der Waals surface area (Å²) < 4.78 is 8.75. The van der Waals surface area contributed by atoms with Crippen LogP contribution in [-0.4, -0.2) is 95.1 Å². The van der Waals surface area contributed by atoms with Crippen LogP contribution in [0.25, 0.3) is 0 Å². The number of aliphatic carboxylic acids is 1. The number of rotatable bonds is 19. The lowest BCUT2D eigenvalue weighted by Gasteiger charge is -2.12. The van der Waals surface area contributed by atoms with E-state index < -0.39 is 23.8 Å². The summed E-state index contributed by atoms with van der Waals surface area (Å²) in [6, 6.07) is 0. The molecule has 0 heterocycles. The van der Waals surface area contributed by atoms with Crippen molar-refractivity contribution >= 4 is 64.2 Å². The molecule has 0 rings (SSSR count). The molecule has 0 amide bonds. The van der Waals surface area contributed by atoms with Crippen molar-refractivity contribution in [2.24, 2.45) is 23.7 Å². The molecule has 0 aromatic heterocycles. The van der Waals surface area contributed by atoms with Crippen molar-refractivity contribution in [3.05, 3.63) is 23.3 Å². The van der Waals surface area contributed by atoms with Crippen LogP contribution in [0.3, 0.4) is 0 Å². The zero-order valence-electron chi connectivity index (χ0n) is 44.2. The minimum Gasteiger partial charge on any atom is -0.481 e. The fraction of sp³-hybridized carbons (Fsp3) is 0.780. The first-order chi connectivity index (χ1) is 29.4. The van der Waals surface area contributed by atoms with E-state index in [0.717, 1.165) is 75.5 Å². The SMILES string of the molecule is CC(=O)CCC=C(C)C.CC(=O)CCCC(C)C.CC(=O)O.CC(C)=CCCC(C)O.CC(C)CCCl.CCCl.CCO.COC(=O)C(CCC(C)C)C(C)=O.COC(=O)CC(C)=O.[2HH]. The number of aliphatic hydroxyl groups excluding tert-OH is 2. The van der Waals surface area contributed by atoms with Crippen molar-refractivity contribution in [3.8, 4) is 0 Å². The maximum atomic E-state index is 11.1. The number of allylic oxidation sites excluding steroid dienone is 4. The first-order valence-corrected chi connectivity index (χ1v) is 23.4. The average Bonchev–Trinajstić information content (AvgIpc) is 3.12. The molecule has 0 aromatic carbocycles. The highest BCUT2D eigenvalue weighted by atomic mass is 35.5. The number of carboxylic acid groups (broad SMARTS) is 1. The smallest absolute Gasteiger partial charge is 0.316 e. The fourth-order valence-corrected chi connectivity index (χ4v) is 4.00. The van der Waals surface area contributed by atoms with Gasteiger partial charge in [0.15, 0.2) is 0 Å². The van der Waals surface area contributed by atoms with Gasteiger partial charge in [-0.25, -0.2) is 0 Å². The van der Waals surface area contributed by atoms with Crippen LogP contribution >= 0.6 is 23.2 Å². The van der Waals surface area contributed by atoms with Crippen LogP contribution in [0, 0.1) is 23.7 Å². The number of carbonyl (C=O) groups is 7. The van der Waals surface area contributed by atoms with E-state index >= 15 is 0 Å². The van der Waals surface area contributed by atoms with Gasteiger partial charge in [-0.3, -0.25) is 24.0 Å². The number of carboxylic acids is 1. The number of methoxy groups -OCH3 is 2. The molecule has 0 saturated heterocycles. The van der Waals surface area contributed by atoms with Gasteiger partial charge in [-0.15, -0.1) is 23.2 Å². The molecule has 0 aromatic rings. The number of ether oxygens (including phenoxy) is 2. The molecule has 64 heavy (non-hydrogen) atoms. The number of hydrogen-bond acceptors (Lipinski definition) is 11. The summed E-state index contributed by atoms with van der Waals surface area (Å²) in [5, 5.41) is 23.8. The van der Waals surface area contributed by atoms with Crippen molar-refractivity contribution in [2.45, 2.75) is 201 Å². The number of aliphatic hydroxyl groups is 2. The summed E-state index contributed by atoms with van der Waals surface area (Å²) in [6.07, 6.45) is 13.0. The monoisotopic (exact) mass is 964 g/mol. The number of alkyl halides is 2. The Labute approximate surface area is 403 Å². The van der Waals surface area contributed by atoms with Crippen molar-refractivity contribution in [2.75, 3.05) is 32.6 Å². The van der Waals surface area contributed by atoms with Gasteiger partial charge in [-0.2, -0.15) is 0 Å². The molecular formula is C50H100Cl2O12. The van der Waals surface area contributed by atoms with Gasteiger partial charge < -0.3 is 34.4 Å². The molecule has 386 valence electrons. The van der Waals surface area contributed by atoms with Gasteiger partial charge in [0, 0.05) is 39.6 Å². The quantitative estimate of drug-likeness (QED) is 0.0480. The van der Waals surface area contributed by atoms with Crippen molar-refractivity contribution in [1.82, 2.24) is 0 Å². The molecule has 3 N–H and O–H groups in total. The maximum Gasteiger partial charge on any atom is 0.316 e. The van der Waals surface area contributed by atoms with E-state index in [2.05, 4.69) is 77.0 Å². The van der Waals surface area contributed by atoms with E-state index in [0.29, 0.717) is 24.5 Å². The number of Topliss-reactive ketones (excluding diaryl/α,β-unsaturated/α-hetero) is 4. The third kappa shape index (κ3) is 130. The maximum absolute atomic E-state index is 11.1. The number of hydrogen-bond donors (Lipinski definition) is 3. The fourth-order valence-electron chi connectivity index (χ4n) is 3.56. The summed E-state index contributed by atoms with van der Waals surface area (Å²) in [4.78, 5) is 72.3. The Bertz CT molecular complexity index is 1150. The Kier molecular flexibility index (Phi) is 81.7. The largest absolute Gasteiger partial charge is 0.481 e. The lowest BCUT2D eigenvalue weighted by atomic mass is 9.95.